The molecule has 0 fully saturated rings. The summed E-state index contributed by atoms with van der Waals surface area (Å²) in [5.74, 6) is -1.77. The van der Waals surface area contributed by atoms with Crippen molar-refractivity contribution in [3.05, 3.63) is 56.7 Å². The highest BCUT2D eigenvalue weighted by atomic mass is 35.5. The second kappa shape index (κ2) is 5.46. The first-order chi connectivity index (χ1) is 8.58. The Bertz CT molecular complexity index is 565. The quantitative estimate of drug-likeness (QED) is 0.918. The zero-order valence-electron chi connectivity index (χ0n) is 9.04. The fourth-order valence-electron chi connectivity index (χ4n) is 1.39. The Morgan fingerprint density at radius 1 is 1.22 bits per heavy atom. The summed E-state index contributed by atoms with van der Waals surface area (Å²) >= 11 is 6.80. The number of thiophene rings is 1. The van der Waals surface area contributed by atoms with Gasteiger partial charge in [-0.05, 0) is 24.3 Å². The van der Waals surface area contributed by atoms with Crippen LogP contribution in [0.5, 0.6) is 0 Å². The van der Waals surface area contributed by atoms with Gasteiger partial charge in [-0.15, -0.1) is 11.3 Å². The van der Waals surface area contributed by atoms with E-state index in [1.54, 1.807) is 12.1 Å². The molecule has 0 aliphatic carbocycles. The van der Waals surface area contributed by atoms with Gasteiger partial charge in [0.25, 0.3) is 5.91 Å². The highest BCUT2D eigenvalue weighted by Crippen LogP contribution is 2.21. The van der Waals surface area contributed by atoms with Gasteiger partial charge in [-0.25, -0.2) is 8.78 Å². The predicted molar refractivity (Wildman–Crippen MR) is 66.9 cm³/mol. The highest BCUT2D eigenvalue weighted by Gasteiger charge is 2.12. The van der Waals surface area contributed by atoms with E-state index < -0.39 is 17.5 Å². The lowest BCUT2D eigenvalue weighted by atomic mass is 10.2. The topological polar surface area (TPSA) is 29.1 Å². The van der Waals surface area contributed by atoms with Crippen LogP contribution in [0.1, 0.15) is 15.2 Å². The van der Waals surface area contributed by atoms with Gasteiger partial charge in [0.1, 0.15) is 11.6 Å². The normalized spacial score (nSPS) is 10.4. The predicted octanol–water partition coefficient (Wildman–Crippen LogP) is 3.61. The lowest BCUT2D eigenvalue weighted by Crippen LogP contribution is -2.23. The molecule has 1 N–H and O–H groups in total. The standard InChI is InChI=1S/C12H8ClF2NOS/c13-11-5-4-10(18-11)12(17)16-6-7-8(14)2-1-3-9(7)15/h1-5H,6H2,(H,16,17). The number of rotatable bonds is 3. The lowest BCUT2D eigenvalue weighted by molar-refractivity contribution is 0.0954. The van der Waals surface area contributed by atoms with Gasteiger partial charge in [0.2, 0.25) is 0 Å². The summed E-state index contributed by atoms with van der Waals surface area (Å²) in [6.07, 6.45) is 0. The third-order valence-electron chi connectivity index (χ3n) is 2.28. The number of hydrogen-bond donors (Lipinski definition) is 1. The molecule has 0 saturated carbocycles. The number of nitrogens with one attached hydrogen (secondary N) is 1. The highest BCUT2D eigenvalue weighted by molar-refractivity contribution is 7.17. The summed E-state index contributed by atoms with van der Waals surface area (Å²) in [5, 5.41) is 2.44. The molecule has 2 aromatic rings. The minimum absolute atomic E-state index is 0.159. The fraction of sp³-hybridized carbons (Fsp3) is 0.0833. The third kappa shape index (κ3) is 2.86. The molecule has 0 unspecified atom stereocenters. The summed E-state index contributed by atoms with van der Waals surface area (Å²) in [6, 6.07) is 6.71. The number of benzene rings is 1. The van der Waals surface area contributed by atoms with E-state index in [2.05, 4.69) is 5.32 Å². The summed E-state index contributed by atoms with van der Waals surface area (Å²) < 4.78 is 27.1. The molecule has 0 aliphatic heterocycles. The molecule has 94 valence electrons. The summed E-state index contributed by atoms with van der Waals surface area (Å²) in [7, 11) is 0. The number of carbonyl (C=O) groups is 1. The SMILES string of the molecule is O=C(NCc1c(F)cccc1F)c1ccc(Cl)s1. The first kappa shape index (κ1) is 13.0. The minimum atomic E-state index is -0.681. The van der Waals surface area contributed by atoms with Gasteiger partial charge < -0.3 is 5.32 Å². The van der Waals surface area contributed by atoms with Crippen LogP contribution < -0.4 is 5.32 Å². The van der Waals surface area contributed by atoms with Gasteiger partial charge in [0, 0.05) is 12.1 Å². The molecular formula is C12H8ClF2NOS. The van der Waals surface area contributed by atoms with E-state index in [9.17, 15) is 13.6 Å². The molecule has 18 heavy (non-hydrogen) atoms. The van der Waals surface area contributed by atoms with Crippen LogP contribution in [0.15, 0.2) is 30.3 Å². The Labute approximate surface area is 111 Å². The molecule has 1 aromatic carbocycles. The van der Waals surface area contributed by atoms with Crippen molar-refractivity contribution in [1.82, 2.24) is 5.32 Å². The van der Waals surface area contributed by atoms with Crippen LogP contribution in [-0.4, -0.2) is 5.91 Å². The van der Waals surface area contributed by atoms with Gasteiger partial charge in [-0.1, -0.05) is 17.7 Å². The van der Waals surface area contributed by atoms with Crippen LogP contribution in [0.3, 0.4) is 0 Å². The maximum absolute atomic E-state index is 13.3. The van der Waals surface area contributed by atoms with E-state index in [1.165, 1.54) is 6.07 Å². The maximum Gasteiger partial charge on any atom is 0.261 e. The van der Waals surface area contributed by atoms with E-state index in [1.807, 2.05) is 0 Å². The molecule has 1 heterocycles. The number of carbonyl (C=O) groups excluding carboxylic acids is 1. The van der Waals surface area contributed by atoms with Gasteiger partial charge in [0.05, 0.1) is 9.21 Å². The van der Waals surface area contributed by atoms with Crippen LogP contribution in [0.2, 0.25) is 4.34 Å². The third-order valence-corrected chi connectivity index (χ3v) is 3.51. The minimum Gasteiger partial charge on any atom is -0.347 e. The number of amides is 1. The number of hydrogen-bond acceptors (Lipinski definition) is 2. The van der Waals surface area contributed by atoms with E-state index >= 15 is 0 Å². The van der Waals surface area contributed by atoms with Crippen molar-refractivity contribution in [1.29, 1.82) is 0 Å². The smallest absolute Gasteiger partial charge is 0.261 e. The Hall–Kier alpha value is -1.46. The van der Waals surface area contributed by atoms with Crippen LogP contribution in [0, 0.1) is 11.6 Å². The van der Waals surface area contributed by atoms with Crippen molar-refractivity contribution in [2.45, 2.75) is 6.54 Å². The van der Waals surface area contributed by atoms with Crippen molar-refractivity contribution in [2.24, 2.45) is 0 Å². The summed E-state index contributed by atoms with van der Waals surface area (Å²) in [6.45, 7) is -0.202. The lowest BCUT2D eigenvalue weighted by Gasteiger charge is -2.06. The summed E-state index contributed by atoms with van der Waals surface area (Å²) in [5.41, 5.74) is -0.159. The monoisotopic (exact) mass is 287 g/mol. The van der Waals surface area contributed by atoms with E-state index in [0.29, 0.717) is 9.21 Å². The Balaban J connectivity index is 2.06. The molecule has 0 radical (unpaired) electrons. The van der Waals surface area contributed by atoms with Gasteiger partial charge in [0.15, 0.2) is 0 Å². The molecule has 0 atom stereocenters. The van der Waals surface area contributed by atoms with Crippen molar-refractivity contribution in [3.63, 3.8) is 0 Å². The molecule has 6 heteroatoms. The van der Waals surface area contributed by atoms with Gasteiger partial charge >= 0.3 is 0 Å². The zero-order chi connectivity index (χ0) is 13.1. The molecule has 0 spiro atoms. The molecule has 2 rings (SSSR count). The van der Waals surface area contributed by atoms with Crippen LogP contribution in [0.25, 0.3) is 0 Å². The largest absolute Gasteiger partial charge is 0.347 e. The van der Waals surface area contributed by atoms with Crippen LogP contribution in [-0.2, 0) is 6.54 Å². The molecular weight excluding hydrogens is 280 g/mol. The van der Waals surface area contributed by atoms with Crippen LogP contribution >= 0.6 is 22.9 Å². The Morgan fingerprint density at radius 2 is 1.89 bits per heavy atom. The van der Waals surface area contributed by atoms with Gasteiger partial charge in [-0.3, -0.25) is 4.79 Å². The fourth-order valence-corrected chi connectivity index (χ4v) is 2.35. The Morgan fingerprint density at radius 3 is 2.44 bits per heavy atom. The Kier molecular flexibility index (Phi) is 3.93. The molecule has 1 amide bonds. The van der Waals surface area contributed by atoms with E-state index in [-0.39, 0.29) is 12.1 Å². The van der Waals surface area contributed by atoms with E-state index in [0.717, 1.165) is 23.5 Å². The van der Waals surface area contributed by atoms with Crippen LogP contribution in [0.4, 0.5) is 8.78 Å². The second-order valence-corrected chi connectivity index (χ2v) is 5.20. The van der Waals surface area contributed by atoms with E-state index in [4.69, 9.17) is 11.6 Å². The maximum atomic E-state index is 13.3. The first-order valence-corrected chi connectivity index (χ1v) is 6.24. The van der Waals surface area contributed by atoms with Gasteiger partial charge in [-0.2, -0.15) is 0 Å². The van der Waals surface area contributed by atoms with Crippen molar-refractivity contribution < 1.29 is 13.6 Å². The first-order valence-electron chi connectivity index (χ1n) is 5.04. The molecule has 1 aromatic heterocycles. The average molecular weight is 288 g/mol. The summed E-state index contributed by atoms with van der Waals surface area (Å²) in [4.78, 5) is 12.0. The average Bonchev–Trinajstić information content (AvgIpc) is 2.75. The number of halogens is 3. The van der Waals surface area contributed by atoms with Crippen molar-refractivity contribution in [2.75, 3.05) is 0 Å². The molecule has 0 saturated heterocycles. The second-order valence-electron chi connectivity index (χ2n) is 3.49. The molecule has 2 nitrogen and oxygen atoms in total. The molecule has 0 aliphatic rings. The molecule has 0 bridgehead atoms. The van der Waals surface area contributed by atoms with Crippen molar-refractivity contribution in [3.8, 4) is 0 Å². The zero-order valence-corrected chi connectivity index (χ0v) is 10.6. The van der Waals surface area contributed by atoms with Crippen molar-refractivity contribution >= 4 is 28.8 Å².